The number of nitrogens with two attached hydrogens (primary N) is 1. The van der Waals surface area contributed by atoms with Crippen molar-refractivity contribution in [1.82, 2.24) is 29.5 Å². The first-order valence-electron chi connectivity index (χ1n) is 14.1. The highest BCUT2D eigenvalue weighted by Gasteiger charge is 2.28. The maximum atomic E-state index is 9.30. The Morgan fingerprint density at radius 2 is 1.82 bits per heavy atom. The van der Waals surface area contributed by atoms with E-state index < -0.39 is 0 Å². The van der Waals surface area contributed by atoms with Gasteiger partial charge in [0.05, 0.1) is 17.9 Å². The van der Waals surface area contributed by atoms with E-state index in [2.05, 4.69) is 42.2 Å². The van der Waals surface area contributed by atoms with Crippen molar-refractivity contribution in [3.63, 3.8) is 0 Å². The predicted molar refractivity (Wildman–Crippen MR) is 150 cm³/mol. The molecule has 2 aliphatic rings. The number of aromatic nitrogens is 6. The van der Waals surface area contributed by atoms with Crippen LogP contribution in [0.4, 0.5) is 11.8 Å². The molecule has 2 saturated carbocycles. The SMILES string of the molecule is CC.CC(Nc1nc2nc(/C(N)=N/O)nc(N[C@H](C)C3CCC3)c2n1CC1CCCCC1)c1cnccn1. The summed E-state index contributed by atoms with van der Waals surface area (Å²) in [4.78, 5) is 22.8. The van der Waals surface area contributed by atoms with Gasteiger partial charge in [0.15, 0.2) is 11.5 Å². The number of hydrogen-bond acceptors (Lipinski definition) is 9. The number of fused-ring (bicyclic) bond motifs is 1. The van der Waals surface area contributed by atoms with E-state index >= 15 is 0 Å². The second-order valence-electron chi connectivity index (χ2n) is 10.2. The Morgan fingerprint density at radius 1 is 1.05 bits per heavy atom. The zero-order valence-electron chi connectivity index (χ0n) is 23.1. The third-order valence-corrected chi connectivity index (χ3v) is 7.70. The molecule has 0 amide bonds. The topological polar surface area (TPSA) is 152 Å². The molecule has 0 spiro atoms. The lowest BCUT2D eigenvalue weighted by Crippen LogP contribution is -2.32. The average molecular weight is 523 g/mol. The molecule has 5 rings (SSSR count). The van der Waals surface area contributed by atoms with Gasteiger partial charge in [-0.3, -0.25) is 9.97 Å². The van der Waals surface area contributed by atoms with Crippen molar-refractivity contribution >= 4 is 28.8 Å². The molecular weight excluding hydrogens is 480 g/mol. The van der Waals surface area contributed by atoms with Crippen molar-refractivity contribution in [2.75, 3.05) is 10.6 Å². The summed E-state index contributed by atoms with van der Waals surface area (Å²) in [6, 6.07) is 0.132. The first-order chi connectivity index (χ1) is 18.5. The van der Waals surface area contributed by atoms with Crippen LogP contribution in [0.25, 0.3) is 11.2 Å². The van der Waals surface area contributed by atoms with Crippen LogP contribution in [-0.4, -0.2) is 46.6 Å². The number of rotatable bonds is 9. The minimum atomic E-state index is -0.138. The lowest BCUT2D eigenvalue weighted by Gasteiger charge is -2.32. The molecule has 3 aromatic heterocycles. The Hall–Kier alpha value is -3.50. The quantitative estimate of drug-likeness (QED) is 0.130. The van der Waals surface area contributed by atoms with E-state index in [1.54, 1.807) is 18.6 Å². The smallest absolute Gasteiger partial charge is 0.208 e. The summed E-state index contributed by atoms with van der Waals surface area (Å²) in [6.45, 7) is 9.06. The number of nitrogens with zero attached hydrogens (tertiary/aromatic N) is 7. The van der Waals surface area contributed by atoms with Crippen LogP contribution >= 0.6 is 0 Å². The molecule has 2 aliphatic carbocycles. The second-order valence-corrected chi connectivity index (χ2v) is 10.2. The van der Waals surface area contributed by atoms with E-state index in [4.69, 9.17) is 15.7 Å². The van der Waals surface area contributed by atoms with Crippen LogP contribution in [0.15, 0.2) is 23.7 Å². The molecular formula is C27H42N10O. The van der Waals surface area contributed by atoms with Crippen molar-refractivity contribution < 1.29 is 5.21 Å². The fourth-order valence-electron chi connectivity index (χ4n) is 5.29. The minimum Gasteiger partial charge on any atom is -0.409 e. The molecule has 38 heavy (non-hydrogen) atoms. The Morgan fingerprint density at radius 3 is 2.45 bits per heavy atom. The van der Waals surface area contributed by atoms with Crippen LogP contribution in [-0.2, 0) is 6.54 Å². The van der Waals surface area contributed by atoms with Crippen LogP contribution in [0.1, 0.15) is 96.6 Å². The maximum Gasteiger partial charge on any atom is 0.208 e. The number of hydrogen-bond donors (Lipinski definition) is 4. The molecule has 206 valence electrons. The van der Waals surface area contributed by atoms with Crippen molar-refractivity contribution in [2.24, 2.45) is 22.7 Å². The van der Waals surface area contributed by atoms with Crippen molar-refractivity contribution in [1.29, 1.82) is 0 Å². The van der Waals surface area contributed by atoms with E-state index in [-0.39, 0.29) is 23.7 Å². The summed E-state index contributed by atoms with van der Waals surface area (Å²) in [5.74, 6) is 2.56. The van der Waals surface area contributed by atoms with Crippen molar-refractivity contribution in [2.45, 2.75) is 97.7 Å². The average Bonchev–Trinajstić information content (AvgIpc) is 3.26. The molecule has 0 aromatic carbocycles. The Labute approximate surface area is 224 Å². The Bertz CT molecular complexity index is 1200. The van der Waals surface area contributed by atoms with Gasteiger partial charge in [0.25, 0.3) is 0 Å². The maximum absolute atomic E-state index is 9.30. The number of nitrogens with one attached hydrogen (secondary N) is 2. The lowest BCUT2D eigenvalue weighted by molar-refractivity contribution is 0.285. The van der Waals surface area contributed by atoms with Gasteiger partial charge >= 0.3 is 0 Å². The summed E-state index contributed by atoms with van der Waals surface area (Å²) >= 11 is 0. The van der Waals surface area contributed by atoms with Crippen molar-refractivity contribution in [3.05, 3.63) is 30.1 Å². The van der Waals surface area contributed by atoms with E-state index in [0.717, 1.165) is 17.8 Å². The molecule has 0 saturated heterocycles. The number of amidine groups is 1. The van der Waals surface area contributed by atoms with Gasteiger partial charge in [0, 0.05) is 25.0 Å². The van der Waals surface area contributed by atoms with Gasteiger partial charge in [-0.2, -0.15) is 4.98 Å². The Balaban J connectivity index is 0.00000164. The summed E-state index contributed by atoms with van der Waals surface area (Å²) in [6.07, 6.45) is 15.0. The van der Waals surface area contributed by atoms with Crippen LogP contribution in [0.2, 0.25) is 0 Å². The molecule has 11 nitrogen and oxygen atoms in total. The minimum absolute atomic E-state index is 0.109. The van der Waals surface area contributed by atoms with E-state index in [9.17, 15) is 5.21 Å². The zero-order chi connectivity index (χ0) is 27.1. The highest BCUT2D eigenvalue weighted by molar-refractivity contribution is 5.97. The summed E-state index contributed by atoms with van der Waals surface area (Å²) in [5.41, 5.74) is 8.10. The van der Waals surface area contributed by atoms with E-state index in [1.165, 1.54) is 51.4 Å². The number of anilines is 2. The molecule has 0 aliphatic heterocycles. The van der Waals surface area contributed by atoms with Crippen LogP contribution in [0, 0.1) is 11.8 Å². The van der Waals surface area contributed by atoms with Crippen molar-refractivity contribution in [3.8, 4) is 0 Å². The molecule has 0 radical (unpaired) electrons. The van der Waals surface area contributed by atoms with Gasteiger partial charge in [0.1, 0.15) is 5.52 Å². The largest absolute Gasteiger partial charge is 0.409 e. The third kappa shape index (κ3) is 6.14. The fraction of sp³-hybridized carbons (Fsp3) is 0.630. The lowest BCUT2D eigenvalue weighted by atomic mass is 9.80. The second kappa shape index (κ2) is 12.8. The van der Waals surface area contributed by atoms with E-state index in [0.29, 0.717) is 29.2 Å². The summed E-state index contributed by atoms with van der Waals surface area (Å²) < 4.78 is 2.21. The first kappa shape index (κ1) is 27.5. The first-order valence-corrected chi connectivity index (χ1v) is 14.1. The summed E-state index contributed by atoms with van der Waals surface area (Å²) in [7, 11) is 0. The number of oxime groups is 1. The van der Waals surface area contributed by atoms with Gasteiger partial charge in [-0.05, 0) is 51.4 Å². The van der Waals surface area contributed by atoms with Gasteiger partial charge in [-0.15, -0.1) is 0 Å². The predicted octanol–water partition coefficient (Wildman–Crippen LogP) is 5.09. The van der Waals surface area contributed by atoms with Crippen LogP contribution < -0.4 is 16.4 Å². The van der Waals surface area contributed by atoms with E-state index in [1.807, 2.05) is 20.8 Å². The molecule has 2 fully saturated rings. The highest BCUT2D eigenvalue weighted by atomic mass is 16.4. The molecule has 11 heteroatoms. The van der Waals surface area contributed by atoms with Gasteiger partial charge in [-0.25, -0.2) is 9.97 Å². The molecule has 3 aromatic rings. The highest BCUT2D eigenvalue weighted by Crippen LogP contribution is 2.34. The third-order valence-electron chi connectivity index (χ3n) is 7.70. The molecule has 0 bridgehead atoms. The number of imidazole rings is 1. The monoisotopic (exact) mass is 522 g/mol. The molecule has 1 unspecified atom stereocenters. The summed E-state index contributed by atoms with van der Waals surface area (Å²) in [5, 5.41) is 19.6. The zero-order valence-corrected chi connectivity index (χ0v) is 23.1. The molecule has 2 atom stereocenters. The fourth-order valence-corrected chi connectivity index (χ4v) is 5.29. The van der Waals surface area contributed by atoms with Gasteiger partial charge in [-0.1, -0.05) is 44.7 Å². The van der Waals surface area contributed by atoms with Crippen LogP contribution in [0.3, 0.4) is 0 Å². The van der Waals surface area contributed by atoms with Crippen LogP contribution in [0.5, 0.6) is 0 Å². The van der Waals surface area contributed by atoms with Gasteiger partial charge < -0.3 is 26.1 Å². The van der Waals surface area contributed by atoms with Gasteiger partial charge in [0.2, 0.25) is 17.6 Å². The molecule has 5 N–H and O–H groups in total. The normalized spacial score (nSPS) is 18.3. The molecule has 3 heterocycles. The standard InChI is InChI=1S/C25H36N10O.C2H6/c1-15(18-9-6-10-18)29-22-20-23(32-24(31-22)21(26)34-36)33-25(30-16(2)19-13-27-11-12-28-19)35(20)14-17-7-4-3-5-8-17;1-2/h11-13,15-18,36H,3-10,14H2,1-2H3,(H2,26,34)(H2,29,30,31,32,33);1-2H3/t15-,16?;/m1./s1. The Kier molecular flexibility index (Phi) is 9.30.